The van der Waals surface area contributed by atoms with Crippen LogP contribution in [0.3, 0.4) is 0 Å². The van der Waals surface area contributed by atoms with E-state index in [1.807, 2.05) is 24.3 Å². The van der Waals surface area contributed by atoms with Crippen LogP contribution >= 0.6 is 0 Å². The molecule has 3 N–H and O–H groups in total. The van der Waals surface area contributed by atoms with Crippen molar-refractivity contribution in [3.63, 3.8) is 0 Å². The van der Waals surface area contributed by atoms with Crippen LogP contribution < -0.4 is 0 Å². The molecule has 0 spiro atoms. The van der Waals surface area contributed by atoms with Crippen LogP contribution in [0.5, 0.6) is 11.6 Å². The fourth-order valence-electron chi connectivity index (χ4n) is 2.29. The van der Waals surface area contributed by atoms with Crippen molar-refractivity contribution in [3.05, 3.63) is 48.0 Å². The van der Waals surface area contributed by atoms with Gasteiger partial charge in [-0.05, 0) is 41.8 Å². The van der Waals surface area contributed by atoms with Gasteiger partial charge in [-0.2, -0.15) is 5.11 Å². The van der Waals surface area contributed by atoms with E-state index in [1.165, 1.54) is 5.56 Å². The molecule has 5 heteroatoms. The summed E-state index contributed by atoms with van der Waals surface area (Å²) < 4.78 is 0. The SMILES string of the molecule is CC(C)c1ccc(N=Nc2c(O)[nH]c3ccc(O)cc23)cc1. The number of phenols is 1. The third-order valence-electron chi connectivity index (χ3n) is 3.56. The van der Waals surface area contributed by atoms with Gasteiger partial charge in [-0.25, -0.2) is 0 Å². The molecule has 0 saturated carbocycles. The lowest BCUT2D eigenvalue weighted by molar-refractivity contribution is 0.459. The predicted octanol–water partition coefficient (Wildman–Crippen LogP) is 5.12. The minimum atomic E-state index is -0.0665. The first kappa shape index (κ1) is 14.1. The van der Waals surface area contributed by atoms with Gasteiger partial charge in [0, 0.05) is 5.39 Å². The normalized spacial score (nSPS) is 11.8. The van der Waals surface area contributed by atoms with Crippen molar-refractivity contribution >= 4 is 22.3 Å². The minimum Gasteiger partial charge on any atom is -0.508 e. The highest BCUT2D eigenvalue weighted by molar-refractivity contribution is 5.95. The highest BCUT2D eigenvalue weighted by Gasteiger charge is 2.10. The molecule has 5 nitrogen and oxygen atoms in total. The van der Waals surface area contributed by atoms with Crippen LogP contribution in [0.1, 0.15) is 25.3 Å². The van der Waals surface area contributed by atoms with Crippen LogP contribution in [-0.2, 0) is 0 Å². The van der Waals surface area contributed by atoms with Gasteiger partial charge in [-0.1, -0.05) is 26.0 Å². The van der Waals surface area contributed by atoms with Crippen LogP contribution in [0.15, 0.2) is 52.7 Å². The molecule has 112 valence electrons. The molecular weight excluding hydrogens is 278 g/mol. The molecule has 22 heavy (non-hydrogen) atoms. The molecular formula is C17H17N3O2. The zero-order valence-corrected chi connectivity index (χ0v) is 12.4. The lowest BCUT2D eigenvalue weighted by Crippen LogP contribution is -1.84. The first-order valence-corrected chi connectivity index (χ1v) is 7.10. The van der Waals surface area contributed by atoms with Crippen molar-refractivity contribution in [3.8, 4) is 11.6 Å². The summed E-state index contributed by atoms with van der Waals surface area (Å²) in [5.41, 5.74) is 2.95. The molecule has 0 amide bonds. The molecule has 0 aliphatic heterocycles. The summed E-state index contributed by atoms with van der Waals surface area (Å²) in [6, 6.07) is 12.6. The number of hydrogen-bond acceptors (Lipinski definition) is 4. The maximum absolute atomic E-state index is 9.93. The molecule has 0 aliphatic carbocycles. The summed E-state index contributed by atoms with van der Waals surface area (Å²) in [6.45, 7) is 4.26. The summed E-state index contributed by atoms with van der Waals surface area (Å²) in [4.78, 5) is 2.81. The van der Waals surface area contributed by atoms with E-state index in [9.17, 15) is 10.2 Å². The average molecular weight is 295 g/mol. The van der Waals surface area contributed by atoms with Gasteiger partial charge in [0.25, 0.3) is 0 Å². The Kier molecular flexibility index (Phi) is 3.55. The van der Waals surface area contributed by atoms with Gasteiger partial charge in [0.2, 0.25) is 5.88 Å². The van der Waals surface area contributed by atoms with E-state index in [-0.39, 0.29) is 11.6 Å². The largest absolute Gasteiger partial charge is 0.508 e. The van der Waals surface area contributed by atoms with Crippen molar-refractivity contribution < 1.29 is 10.2 Å². The van der Waals surface area contributed by atoms with Crippen LogP contribution in [0.2, 0.25) is 0 Å². The number of fused-ring (bicyclic) bond motifs is 1. The highest BCUT2D eigenvalue weighted by Crippen LogP contribution is 2.37. The van der Waals surface area contributed by atoms with E-state index in [4.69, 9.17) is 0 Å². The standard InChI is InChI=1S/C17H17N3O2/c1-10(2)11-3-5-12(6-4-11)19-20-16-14-9-13(21)7-8-15(14)18-17(16)22/h3-10,18,21-22H,1-2H3. The average Bonchev–Trinajstić information content (AvgIpc) is 2.80. The van der Waals surface area contributed by atoms with Gasteiger partial charge in [0.15, 0.2) is 5.69 Å². The maximum atomic E-state index is 9.93. The number of hydrogen-bond donors (Lipinski definition) is 3. The van der Waals surface area contributed by atoms with Gasteiger partial charge >= 0.3 is 0 Å². The number of rotatable bonds is 3. The third kappa shape index (κ3) is 2.65. The van der Waals surface area contributed by atoms with Crippen molar-refractivity contribution in [1.82, 2.24) is 4.98 Å². The molecule has 3 rings (SSSR count). The first-order chi connectivity index (χ1) is 10.5. The van der Waals surface area contributed by atoms with Gasteiger partial charge in [0.1, 0.15) is 5.75 Å². The Morgan fingerprint density at radius 3 is 2.36 bits per heavy atom. The number of aromatic amines is 1. The monoisotopic (exact) mass is 295 g/mol. The molecule has 1 aromatic heterocycles. The van der Waals surface area contributed by atoms with Gasteiger partial charge in [-0.3, -0.25) is 0 Å². The molecule has 2 aromatic carbocycles. The van der Waals surface area contributed by atoms with Gasteiger partial charge < -0.3 is 15.2 Å². The molecule has 0 unspecified atom stereocenters. The molecule has 0 radical (unpaired) electrons. The summed E-state index contributed by atoms with van der Waals surface area (Å²) in [5.74, 6) is 0.513. The van der Waals surface area contributed by atoms with E-state index in [1.54, 1.807) is 18.2 Å². The number of phenolic OH excluding ortho intramolecular Hbond substituents is 1. The molecule has 0 atom stereocenters. The predicted molar refractivity (Wildman–Crippen MR) is 86.3 cm³/mol. The van der Waals surface area contributed by atoms with Crippen LogP contribution in [0.25, 0.3) is 10.9 Å². The molecule has 0 bridgehead atoms. The third-order valence-corrected chi connectivity index (χ3v) is 3.56. The summed E-state index contributed by atoms with van der Waals surface area (Å²) in [6.07, 6.45) is 0. The Bertz CT molecular complexity index is 833. The van der Waals surface area contributed by atoms with Gasteiger partial charge in [0.05, 0.1) is 11.2 Å². The number of aromatic hydroxyl groups is 2. The molecule has 0 aliphatic rings. The summed E-state index contributed by atoms with van der Waals surface area (Å²) >= 11 is 0. The van der Waals surface area contributed by atoms with Crippen molar-refractivity contribution in [1.29, 1.82) is 0 Å². The van der Waals surface area contributed by atoms with Crippen LogP contribution in [-0.4, -0.2) is 15.2 Å². The Balaban J connectivity index is 1.95. The van der Waals surface area contributed by atoms with E-state index >= 15 is 0 Å². The molecule has 3 aromatic rings. The fourth-order valence-corrected chi connectivity index (χ4v) is 2.29. The maximum Gasteiger partial charge on any atom is 0.218 e. The second-order valence-electron chi connectivity index (χ2n) is 5.50. The van der Waals surface area contributed by atoms with Crippen LogP contribution in [0.4, 0.5) is 11.4 Å². The van der Waals surface area contributed by atoms with Crippen molar-refractivity contribution in [2.75, 3.05) is 0 Å². The quantitative estimate of drug-likeness (QED) is 0.586. The highest BCUT2D eigenvalue weighted by atomic mass is 16.3. The summed E-state index contributed by atoms with van der Waals surface area (Å²) in [7, 11) is 0. The van der Waals surface area contributed by atoms with Gasteiger partial charge in [-0.15, -0.1) is 5.11 Å². The minimum absolute atomic E-state index is 0.0665. The van der Waals surface area contributed by atoms with Crippen LogP contribution in [0, 0.1) is 0 Å². The molecule has 1 heterocycles. The number of aromatic nitrogens is 1. The second-order valence-corrected chi connectivity index (χ2v) is 5.50. The number of nitrogens with one attached hydrogen (secondary N) is 1. The Labute approximate surface area is 128 Å². The molecule has 0 saturated heterocycles. The lowest BCUT2D eigenvalue weighted by atomic mass is 10.0. The summed E-state index contributed by atoms with van der Waals surface area (Å²) in [5, 5.41) is 28.4. The molecule has 0 fully saturated rings. The fraction of sp³-hybridized carbons (Fsp3) is 0.176. The number of H-pyrrole nitrogens is 1. The lowest BCUT2D eigenvalue weighted by Gasteiger charge is -2.03. The van der Waals surface area contributed by atoms with Crippen molar-refractivity contribution in [2.45, 2.75) is 19.8 Å². The Hall–Kier alpha value is -2.82. The Morgan fingerprint density at radius 2 is 1.68 bits per heavy atom. The smallest absolute Gasteiger partial charge is 0.218 e. The van der Waals surface area contributed by atoms with E-state index in [2.05, 4.69) is 29.1 Å². The second kappa shape index (κ2) is 5.52. The topological polar surface area (TPSA) is 81.0 Å². The number of nitrogens with zero attached hydrogens (tertiary/aromatic N) is 2. The number of azo groups is 1. The number of benzene rings is 2. The zero-order valence-electron chi connectivity index (χ0n) is 12.4. The van der Waals surface area contributed by atoms with Crippen molar-refractivity contribution in [2.24, 2.45) is 10.2 Å². The first-order valence-electron chi connectivity index (χ1n) is 7.10. The Morgan fingerprint density at radius 1 is 0.955 bits per heavy atom. The van der Waals surface area contributed by atoms with E-state index in [0.717, 1.165) is 0 Å². The zero-order chi connectivity index (χ0) is 15.7. The van der Waals surface area contributed by atoms with E-state index < -0.39 is 0 Å². The van der Waals surface area contributed by atoms with E-state index in [0.29, 0.717) is 28.2 Å².